The maximum Gasteiger partial charge on any atom is 0.228 e. The third kappa shape index (κ3) is 5.64. The summed E-state index contributed by atoms with van der Waals surface area (Å²) in [7, 11) is 0. The number of nitrogens with zero attached hydrogens (tertiary/aromatic N) is 4. The zero-order valence-electron chi connectivity index (χ0n) is 17.2. The Bertz CT molecular complexity index is 989. The predicted octanol–water partition coefficient (Wildman–Crippen LogP) is 4.00. The summed E-state index contributed by atoms with van der Waals surface area (Å²) in [6, 6.07) is 7.76. The van der Waals surface area contributed by atoms with E-state index < -0.39 is 6.10 Å². The van der Waals surface area contributed by atoms with E-state index in [0.29, 0.717) is 29.9 Å². The molecule has 1 fully saturated rings. The first-order chi connectivity index (χ1) is 15.1. The fraction of sp³-hybridized carbons (Fsp3) is 0.364. The van der Waals surface area contributed by atoms with E-state index in [4.69, 9.17) is 4.74 Å². The molecule has 1 saturated carbocycles. The number of ether oxygens (including phenoxy) is 1. The molecule has 2 heterocycles. The fourth-order valence-corrected chi connectivity index (χ4v) is 3.51. The molecule has 0 saturated heterocycles. The summed E-state index contributed by atoms with van der Waals surface area (Å²) in [6.45, 7) is 1.94. The summed E-state index contributed by atoms with van der Waals surface area (Å²) in [6.07, 6.45) is 7.40. The van der Waals surface area contributed by atoms with E-state index in [1.165, 1.54) is 12.1 Å². The van der Waals surface area contributed by atoms with Crippen LogP contribution in [0.25, 0.3) is 0 Å². The SMILES string of the molecule is C[C@H](Nc1nc(Nc2cnccn2)cc(O[C@H]2CCCC[C@@H]2O)n1)c1ccc(F)cc1. The highest BCUT2D eigenvalue weighted by Crippen LogP contribution is 2.27. The van der Waals surface area contributed by atoms with Crippen LogP contribution in [0.1, 0.15) is 44.2 Å². The third-order valence-electron chi connectivity index (χ3n) is 5.18. The van der Waals surface area contributed by atoms with Gasteiger partial charge in [0.15, 0.2) is 0 Å². The Morgan fingerprint density at radius 2 is 1.90 bits per heavy atom. The van der Waals surface area contributed by atoms with Crippen molar-refractivity contribution in [2.45, 2.75) is 50.9 Å². The maximum absolute atomic E-state index is 13.2. The van der Waals surface area contributed by atoms with Crippen LogP contribution in [0.3, 0.4) is 0 Å². The van der Waals surface area contributed by atoms with Gasteiger partial charge in [0, 0.05) is 18.5 Å². The lowest BCUT2D eigenvalue weighted by molar-refractivity contribution is 0.00455. The van der Waals surface area contributed by atoms with Crippen LogP contribution in [-0.2, 0) is 0 Å². The van der Waals surface area contributed by atoms with Crippen molar-refractivity contribution in [2.24, 2.45) is 0 Å². The quantitative estimate of drug-likeness (QED) is 0.523. The van der Waals surface area contributed by atoms with E-state index >= 15 is 0 Å². The molecule has 0 bridgehead atoms. The molecule has 0 amide bonds. The lowest BCUT2D eigenvalue weighted by Crippen LogP contribution is -2.34. The first kappa shape index (κ1) is 20.9. The van der Waals surface area contributed by atoms with Gasteiger partial charge < -0.3 is 20.5 Å². The molecule has 0 radical (unpaired) electrons. The fourth-order valence-electron chi connectivity index (χ4n) is 3.51. The molecule has 0 unspecified atom stereocenters. The zero-order valence-corrected chi connectivity index (χ0v) is 17.2. The van der Waals surface area contributed by atoms with Gasteiger partial charge in [0.2, 0.25) is 11.8 Å². The number of aliphatic hydroxyl groups is 1. The summed E-state index contributed by atoms with van der Waals surface area (Å²) < 4.78 is 19.3. The number of rotatable bonds is 7. The van der Waals surface area contributed by atoms with E-state index in [-0.39, 0.29) is 18.0 Å². The first-order valence-electron chi connectivity index (χ1n) is 10.4. The molecule has 1 aliphatic rings. The molecule has 0 spiro atoms. The summed E-state index contributed by atoms with van der Waals surface area (Å²) in [4.78, 5) is 17.2. The Hall–Kier alpha value is -3.33. The molecule has 3 atom stereocenters. The van der Waals surface area contributed by atoms with Crippen LogP contribution in [0.4, 0.5) is 22.0 Å². The minimum Gasteiger partial charge on any atom is -0.471 e. The number of hydrogen-bond acceptors (Lipinski definition) is 8. The van der Waals surface area contributed by atoms with Crippen molar-refractivity contribution in [3.63, 3.8) is 0 Å². The minimum atomic E-state index is -0.519. The van der Waals surface area contributed by atoms with Crippen molar-refractivity contribution in [1.82, 2.24) is 19.9 Å². The molecule has 3 N–H and O–H groups in total. The van der Waals surface area contributed by atoms with Crippen LogP contribution in [0.2, 0.25) is 0 Å². The molecule has 1 aliphatic carbocycles. The van der Waals surface area contributed by atoms with Crippen molar-refractivity contribution >= 4 is 17.6 Å². The van der Waals surface area contributed by atoms with Gasteiger partial charge in [0.1, 0.15) is 23.6 Å². The van der Waals surface area contributed by atoms with Gasteiger partial charge in [-0.3, -0.25) is 4.98 Å². The van der Waals surface area contributed by atoms with Crippen molar-refractivity contribution in [1.29, 1.82) is 0 Å². The smallest absolute Gasteiger partial charge is 0.228 e. The summed E-state index contributed by atoms with van der Waals surface area (Å²) in [5.41, 5.74) is 0.891. The summed E-state index contributed by atoms with van der Waals surface area (Å²) >= 11 is 0. The normalized spacial score (nSPS) is 19.5. The Morgan fingerprint density at radius 3 is 2.65 bits per heavy atom. The third-order valence-corrected chi connectivity index (χ3v) is 5.18. The molecule has 9 heteroatoms. The van der Waals surface area contributed by atoms with Crippen LogP contribution >= 0.6 is 0 Å². The van der Waals surface area contributed by atoms with Crippen molar-refractivity contribution in [3.05, 3.63) is 60.3 Å². The molecule has 1 aromatic carbocycles. The summed E-state index contributed by atoms with van der Waals surface area (Å²) in [5, 5.41) is 16.6. The van der Waals surface area contributed by atoms with E-state index in [9.17, 15) is 9.50 Å². The van der Waals surface area contributed by atoms with E-state index in [1.807, 2.05) is 6.92 Å². The Kier molecular flexibility index (Phi) is 6.51. The molecule has 0 aliphatic heterocycles. The van der Waals surface area contributed by atoms with Crippen LogP contribution in [0.5, 0.6) is 5.88 Å². The lowest BCUT2D eigenvalue weighted by Gasteiger charge is -2.28. The second-order valence-corrected chi connectivity index (χ2v) is 7.56. The van der Waals surface area contributed by atoms with Crippen molar-refractivity contribution in [2.75, 3.05) is 10.6 Å². The van der Waals surface area contributed by atoms with Gasteiger partial charge in [-0.25, -0.2) is 9.37 Å². The lowest BCUT2D eigenvalue weighted by atomic mass is 9.95. The van der Waals surface area contributed by atoms with Gasteiger partial charge in [-0.15, -0.1) is 0 Å². The van der Waals surface area contributed by atoms with Gasteiger partial charge in [0.05, 0.1) is 18.3 Å². The van der Waals surface area contributed by atoms with Gasteiger partial charge >= 0.3 is 0 Å². The van der Waals surface area contributed by atoms with Gasteiger partial charge in [-0.2, -0.15) is 9.97 Å². The van der Waals surface area contributed by atoms with Crippen LogP contribution in [-0.4, -0.2) is 37.3 Å². The Balaban J connectivity index is 1.57. The van der Waals surface area contributed by atoms with Crippen molar-refractivity contribution in [3.8, 4) is 5.88 Å². The zero-order chi connectivity index (χ0) is 21.6. The highest BCUT2D eigenvalue weighted by molar-refractivity contribution is 5.54. The molecular formula is C22H25FN6O2. The van der Waals surface area contributed by atoms with Crippen LogP contribution in [0.15, 0.2) is 48.9 Å². The number of nitrogens with one attached hydrogen (secondary N) is 2. The number of benzene rings is 1. The largest absolute Gasteiger partial charge is 0.471 e. The standard InChI is InChI=1S/C22H25FN6O2/c1-14(15-6-8-16(23)9-7-15)26-22-28-19(27-20-13-24-10-11-25-20)12-21(29-22)31-18-5-3-2-4-17(18)30/h6-14,17-18,30H,2-5H2,1H3,(H2,25,26,27,28,29)/t14-,17-,18-/m0/s1. The highest BCUT2D eigenvalue weighted by atomic mass is 19.1. The molecule has 8 nitrogen and oxygen atoms in total. The monoisotopic (exact) mass is 424 g/mol. The number of aliphatic hydroxyl groups excluding tert-OH is 1. The molecule has 4 rings (SSSR count). The van der Waals surface area contributed by atoms with Gasteiger partial charge in [-0.05, 0) is 43.9 Å². The molecule has 3 aromatic rings. The Morgan fingerprint density at radius 1 is 1.10 bits per heavy atom. The van der Waals surface area contributed by atoms with E-state index in [2.05, 4.69) is 30.6 Å². The summed E-state index contributed by atoms with van der Waals surface area (Å²) in [5.74, 6) is 1.41. The number of aromatic nitrogens is 4. The van der Waals surface area contributed by atoms with Gasteiger partial charge in [0.25, 0.3) is 0 Å². The average Bonchev–Trinajstić information content (AvgIpc) is 2.76. The minimum absolute atomic E-state index is 0.166. The molecule has 31 heavy (non-hydrogen) atoms. The topological polar surface area (TPSA) is 105 Å². The maximum atomic E-state index is 13.2. The number of hydrogen-bond donors (Lipinski definition) is 3. The molecule has 2 aromatic heterocycles. The van der Waals surface area contributed by atoms with Crippen molar-refractivity contribution < 1.29 is 14.2 Å². The highest BCUT2D eigenvalue weighted by Gasteiger charge is 2.25. The van der Waals surface area contributed by atoms with E-state index in [0.717, 1.165) is 24.8 Å². The van der Waals surface area contributed by atoms with Crippen LogP contribution < -0.4 is 15.4 Å². The van der Waals surface area contributed by atoms with Gasteiger partial charge in [-0.1, -0.05) is 18.6 Å². The van der Waals surface area contributed by atoms with Crippen LogP contribution in [0, 0.1) is 5.82 Å². The Labute approximate surface area is 180 Å². The average molecular weight is 424 g/mol. The second-order valence-electron chi connectivity index (χ2n) is 7.56. The predicted molar refractivity (Wildman–Crippen MR) is 115 cm³/mol. The number of halogens is 1. The second kappa shape index (κ2) is 9.65. The van der Waals surface area contributed by atoms with E-state index in [1.54, 1.807) is 36.8 Å². The number of anilines is 3. The molecular weight excluding hydrogens is 399 g/mol. The first-order valence-corrected chi connectivity index (χ1v) is 10.4. The molecule has 162 valence electrons.